The van der Waals surface area contributed by atoms with E-state index in [1.54, 1.807) is 24.3 Å². The van der Waals surface area contributed by atoms with Crippen LogP contribution in [0.15, 0.2) is 60.3 Å². The lowest BCUT2D eigenvalue weighted by Crippen LogP contribution is -2.25. The normalized spacial score (nSPS) is 13.1. The van der Waals surface area contributed by atoms with Crippen LogP contribution in [-0.2, 0) is 16.8 Å². The molecule has 1 N–H and O–H groups in total. The summed E-state index contributed by atoms with van der Waals surface area (Å²) in [6.07, 6.45) is 1.79. The summed E-state index contributed by atoms with van der Waals surface area (Å²) in [5.41, 5.74) is 3.28. The lowest BCUT2D eigenvalue weighted by atomic mass is 9.87. The third-order valence-corrected chi connectivity index (χ3v) is 6.27. The van der Waals surface area contributed by atoms with Crippen LogP contribution in [0.2, 0.25) is 0 Å². The first-order chi connectivity index (χ1) is 15.8. The Morgan fingerprint density at radius 2 is 1.97 bits per heavy atom. The first-order valence-electron chi connectivity index (χ1n) is 10.6. The van der Waals surface area contributed by atoms with Gasteiger partial charge in [-0.05, 0) is 29.2 Å². The summed E-state index contributed by atoms with van der Waals surface area (Å²) in [7, 11) is 0. The highest BCUT2D eigenvalue weighted by Crippen LogP contribution is 2.30. The van der Waals surface area contributed by atoms with E-state index in [1.807, 2.05) is 16.7 Å². The summed E-state index contributed by atoms with van der Waals surface area (Å²) in [6.45, 7) is 10.9. The van der Waals surface area contributed by atoms with Crippen molar-refractivity contribution in [3.8, 4) is 17.1 Å². The number of ether oxygens (including phenoxy) is 1. The number of thioether (sulfide) groups is 1. The summed E-state index contributed by atoms with van der Waals surface area (Å²) in [6, 6.07) is 13.4. The molecule has 2 aromatic carbocycles. The zero-order chi connectivity index (χ0) is 23.6. The summed E-state index contributed by atoms with van der Waals surface area (Å²) in [5, 5.41) is 12.1. The van der Waals surface area contributed by atoms with Gasteiger partial charge in [0.2, 0.25) is 0 Å². The minimum absolute atomic E-state index is 0.0175. The number of ketones is 1. The summed E-state index contributed by atoms with van der Waals surface area (Å²) < 4.78 is 7.31. The number of hydrogen-bond donors (Lipinski definition) is 1. The SMILES string of the molecule is C=CCn1c(SCC(=O)c2ccc3c(c2)NC(=O)CO3)nnc1-c1ccc(C(C)(C)C)cc1. The molecule has 170 valence electrons. The number of Topliss-reactive ketones (excluding diaryl/α,β-unsaturated/α-hetero) is 1. The Bertz CT molecular complexity index is 1210. The predicted octanol–water partition coefficient (Wildman–Crippen LogP) is 4.73. The number of carbonyl (C=O) groups is 2. The van der Waals surface area contributed by atoms with Crippen LogP contribution in [0.3, 0.4) is 0 Å². The molecule has 0 radical (unpaired) electrons. The van der Waals surface area contributed by atoms with Gasteiger partial charge in [-0.2, -0.15) is 0 Å². The van der Waals surface area contributed by atoms with Gasteiger partial charge in [0.15, 0.2) is 23.4 Å². The van der Waals surface area contributed by atoms with Crippen LogP contribution >= 0.6 is 11.8 Å². The highest BCUT2D eigenvalue weighted by Gasteiger charge is 2.20. The van der Waals surface area contributed by atoms with Crippen molar-refractivity contribution in [1.82, 2.24) is 14.8 Å². The first-order valence-corrected chi connectivity index (χ1v) is 11.6. The van der Waals surface area contributed by atoms with Crippen molar-refractivity contribution in [2.24, 2.45) is 0 Å². The molecule has 4 rings (SSSR count). The van der Waals surface area contributed by atoms with Crippen LogP contribution in [0.25, 0.3) is 11.4 Å². The smallest absolute Gasteiger partial charge is 0.262 e. The van der Waals surface area contributed by atoms with Crippen molar-refractivity contribution in [2.45, 2.75) is 37.9 Å². The van der Waals surface area contributed by atoms with E-state index in [9.17, 15) is 9.59 Å². The standard InChI is InChI=1S/C25H26N4O3S/c1-5-12-29-23(16-6-9-18(10-7-16)25(2,3)4)27-28-24(29)33-15-20(30)17-8-11-21-19(13-17)26-22(31)14-32-21/h5-11,13H,1,12,14-15H2,2-4H3,(H,26,31). The fraction of sp³-hybridized carbons (Fsp3) is 0.280. The average molecular weight is 463 g/mol. The predicted molar refractivity (Wildman–Crippen MR) is 130 cm³/mol. The van der Waals surface area contributed by atoms with E-state index < -0.39 is 0 Å². The van der Waals surface area contributed by atoms with Crippen molar-refractivity contribution < 1.29 is 14.3 Å². The molecule has 1 aromatic heterocycles. The van der Waals surface area contributed by atoms with E-state index >= 15 is 0 Å². The minimum Gasteiger partial charge on any atom is -0.482 e. The maximum Gasteiger partial charge on any atom is 0.262 e. The number of aromatic nitrogens is 3. The van der Waals surface area contributed by atoms with Crippen LogP contribution in [0.5, 0.6) is 5.75 Å². The second-order valence-corrected chi connectivity index (χ2v) is 9.73. The number of fused-ring (bicyclic) bond motifs is 1. The number of nitrogens with one attached hydrogen (secondary N) is 1. The number of allylic oxidation sites excluding steroid dienone is 1. The molecule has 0 aliphatic carbocycles. The number of hydrogen-bond acceptors (Lipinski definition) is 6. The van der Waals surface area contributed by atoms with Gasteiger partial charge in [-0.1, -0.05) is 62.9 Å². The van der Waals surface area contributed by atoms with Crippen LogP contribution < -0.4 is 10.1 Å². The van der Waals surface area contributed by atoms with Gasteiger partial charge in [-0.25, -0.2) is 0 Å². The lowest BCUT2D eigenvalue weighted by Gasteiger charge is -2.19. The van der Waals surface area contributed by atoms with Crippen molar-refractivity contribution in [1.29, 1.82) is 0 Å². The molecular weight excluding hydrogens is 436 g/mol. The maximum atomic E-state index is 12.8. The molecule has 2 heterocycles. The molecule has 8 heteroatoms. The van der Waals surface area contributed by atoms with E-state index in [4.69, 9.17) is 4.74 Å². The zero-order valence-corrected chi connectivity index (χ0v) is 19.7. The van der Waals surface area contributed by atoms with Gasteiger partial charge in [0.05, 0.1) is 11.4 Å². The molecule has 3 aromatic rings. The average Bonchev–Trinajstić information content (AvgIpc) is 3.19. The van der Waals surface area contributed by atoms with Gasteiger partial charge in [0, 0.05) is 17.7 Å². The quantitative estimate of drug-likeness (QED) is 0.310. The molecule has 0 fully saturated rings. The molecule has 1 aliphatic rings. The highest BCUT2D eigenvalue weighted by atomic mass is 32.2. The van der Waals surface area contributed by atoms with E-state index in [2.05, 4.69) is 55.0 Å². The first kappa shape index (κ1) is 22.8. The molecule has 33 heavy (non-hydrogen) atoms. The Morgan fingerprint density at radius 1 is 1.21 bits per heavy atom. The Morgan fingerprint density at radius 3 is 2.67 bits per heavy atom. The summed E-state index contributed by atoms with van der Waals surface area (Å²) in [5.74, 6) is 1.17. The molecule has 0 saturated carbocycles. The molecule has 0 unspecified atom stereocenters. The zero-order valence-electron chi connectivity index (χ0n) is 18.9. The monoisotopic (exact) mass is 462 g/mol. The molecule has 1 amide bonds. The Kier molecular flexibility index (Phi) is 6.37. The largest absolute Gasteiger partial charge is 0.482 e. The highest BCUT2D eigenvalue weighted by molar-refractivity contribution is 7.99. The van der Waals surface area contributed by atoms with Crippen molar-refractivity contribution >= 4 is 29.1 Å². The molecule has 1 aliphatic heterocycles. The minimum atomic E-state index is -0.234. The van der Waals surface area contributed by atoms with Gasteiger partial charge in [0.25, 0.3) is 5.91 Å². The Labute approximate surface area is 197 Å². The second kappa shape index (κ2) is 9.23. The van der Waals surface area contributed by atoms with Crippen LogP contribution in [0.1, 0.15) is 36.7 Å². The summed E-state index contributed by atoms with van der Waals surface area (Å²) in [4.78, 5) is 24.4. The van der Waals surface area contributed by atoms with E-state index in [0.717, 1.165) is 11.4 Å². The Balaban J connectivity index is 1.51. The van der Waals surface area contributed by atoms with Gasteiger partial charge < -0.3 is 10.1 Å². The van der Waals surface area contributed by atoms with Gasteiger partial charge in [-0.15, -0.1) is 16.8 Å². The van der Waals surface area contributed by atoms with Crippen molar-refractivity contribution in [3.63, 3.8) is 0 Å². The van der Waals surface area contributed by atoms with Gasteiger partial charge >= 0.3 is 0 Å². The fourth-order valence-corrected chi connectivity index (χ4v) is 4.33. The molecule has 0 saturated heterocycles. The third-order valence-electron chi connectivity index (χ3n) is 5.30. The van der Waals surface area contributed by atoms with E-state index in [0.29, 0.717) is 28.7 Å². The fourth-order valence-electron chi connectivity index (χ4n) is 3.49. The number of benzene rings is 2. The lowest BCUT2D eigenvalue weighted by molar-refractivity contribution is -0.118. The van der Waals surface area contributed by atoms with Crippen molar-refractivity contribution in [3.05, 3.63) is 66.2 Å². The molecule has 0 bridgehead atoms. The molecule has 7 nitrogen and oxygen atoms in total. The topological polar surface area (TPSA) is 86.1 Å². The number of nitrogens with zero attached hydrogens (tertiary/aromatic N) is 3. The molecular formula is C25H26N4O3S. The molecule has 0 spiro atoms. The number of carbonyl (C=O) groups excluding carboxylic acids is 2. The second-order valence-electron chi connectivity index (χ2n) is 8.79. The van der Waals surface area contributed by atoms with Crippen molar-refractivity contribution in [2.75, 3.05) is 17.7 Å². The van der Waals surface area contributed by atoms with E-state index in [1.165, 1.54) is 17.3 Å². The Hall–Kier alpha value is -3.39. The number of amides is 1. The van der Waals surface area contributed by atoms with Crippen LogP contribution in [0, 0.1) is 0 Å². The number of rotatable bonds is 7. The summed E-state index contributed by atoms with van der Waals surface area (Å²) >= 11 is 1.32. The van der Waals surface area contributed by atoms with E-state index in [-0.39, 0.29) is 29.5 Å². The third kappa shape index (κ3) is 5.01. The van der Waals surface area contributed by atoms with Crippen LogP contribution in [-0.4, -0.2) is 38.8 Å². The maximum absolute atomic E-state index is 12.8. The number of anilines is 1. The van der Waals surface area contributed by atoms with Crippen LogP contribution in [0.4, 0.5) is 5.69 Å². The molecule has 0 atom stereocenters. The van der Waals surface area contributed by atoms with Gasteiger partial charge in [-0.3, -0.25) is 14.2 Å². The van der Waals surface area contributed by atoms with Gasteiger partial charge in [0.1, 0.15) is 5.75 Å².